The molecule has 3 atom stereocenters. The minimum Gasteiger partial charge on any atom is -0.460 e. The highest BCUT2D eigenvalue weighted by Gasteiger charge is 2.28. The molecule has 0 aromatic carbocycles. The van der Waals surface area contributed by atoms with Gasteiger partial charge in [-0.05, 0) is 25.2 Å². The third kappa shape index (κ3) is 3.19. The molecular weight excluding hydrogens is 206 g/mol. The number of nitrogens with one attached hydrogen (secondary N) is 1. The lowest BCUT2D eigenvalue weighted by Gasteiger charge is -2.29. The Kier molecular flexibility index (Phi) is 4.18. The summed E-state index contributed by atoms with van der Waals surface area (Å²) < 4.78 is 10.9. The zero-order valence-electron chi connectivity index (χ0n) is 9.91. The van der Waals surface area contributed by atoms with Gasteiger partial charge in [-0.1, -0.05) is 13.3 Å². The van der Waals surface area contributed by atoms with Crippen LogP contribution in [0.25, 0.3) is 0 Å². The third-order valence-electron chi connectivity index (χ3n) is 3.36. The lowest BCUT2D eigenvalue weighted by molar-refractivity contribution is -0.166. The van der Waals surface area contributed by atoms with Gasteiger partial charge in [0.15, 0.2) is 6.10 Å². The molecule has 0 bridgehead atoms. The summed E-state index contributed by atoms with van der Waals surface area (Å²) in [6, 6.07) is 0. The fourth-order valence-electron chi connectivity index (χ4n) is 2.44. The molecule has 92 valence electrons. The number of hydrogen-bond acceptors (Lipinski definition) is 4. The first-order valence-corrected chi connectivity index (χ1v) is 6.28. The smallest absolute Gasteiger partial charge is 0.336 e. The molecule has 0 amide bonds. The van der Waals surface area contributed by atoms with Crippen LogP contribution in [0.5, 0.6) is 0 Å². The molecular formula is C12H21NO3. The van der Waals surface area contributed by atoms with Crippen LogP contribution in [-0.2, 0) is 14.3 Å². The van der Waals surface area contributed by atoms with Gasteiger partial charge >= 0.3 is 5.97 Å². The van der Waals surface area contributed by atoms with Crippen LogP contribution in [0.2, 0.25) is 0 Å². The molecule has 1 heterocycles. The Morgan fingerprint density at radius 2 is 2.31 bits per heavy atom. The van der Waals surface area contributed by atoms with Crippen molar-refractivity contribution in [3.63, 3.8) is 0 Å². The van der Waals surface area contributed by atoms with E-state index in [9.17, 15) is 4.79 Å². The van der Waals surface area contributed by atoms with Gasteiger partial charge in [0.1, 0.15) is 6.10 Å². The Morgan fingerprint density at radius 1 is 1.44 bits per heavy atom. The first kappa shape index (κ1) is 11.9. The van der Waals surface area contributed by atoms with E-state index in [0.29, 0.717) is 19.1 Å². The van der Waals surface area contributed by atoms with Gasteiger partial charge in [-0.25, -0.2) is 4.79 Å². The first-order chi connectivity index (χ1) is 7.75. The maximum atomic E-state index is 11.8. The van der Waals surface area contributed by atoms with Gasteiger partial charge in [-0.3, -0.25) is 0 Å². The second-order valence-corrected chi connectivity index (χ2v) is 4.89. The number of hydrogen-bond donors (Lipinski definition) is 1. The van der Waals surface area contributed by atoms with Crippen LogP contribution in [0.3, 0.4) is 0 Å². The van der Waals surface area contributed by atoms with Crippen molar-refractivity contribution in [2.45, 2.75) is 44.8 Å². The predicted molar refractivity (Wildman–Crippen MR) is 60.1 cm³/mol. The van der Waals surface area contributed by atoms with Gasteiger partial charge in [0, 0.05) is 13.1 Å². The summed E-state index contributed by atoms with van der Waals surface area (Å²) in [5.41, 5.74) is 0. The molecule has 4 nitrogen and oxygen atoms in total. The Balaban J connectivity index is 1.77. The number of ether oxygens (including phenoxy) is 2. The van der Waals surface area contributed by atoms with Crippen molar-refractivity contribution in [3.8, 4) is 0 Å². The monoisotopic (exact) mass is 227 g/mol. The molecule has 2 rings (SSSR count). The molecule has 1 N–H and O–H groups in total. The summed E-state index contributed by atoms with van der Waals surface area (Å²) in [4.78, 5) is 11.8. The van der Waals surface area contributed by atoms with Crippen molar-refractivity contribution in [3.05, 3.63) is 0 Å². The van der Waals surface area contributed by atoms with Crippen LogP contribution in [0.15, 0.2) is 0 Å². The molecule has 16 heavy (non-hydrogen) atoms. The van der Waals surface area contributed by atoms with Gasteiger partial charge in [0.05, 0.1) is 6.61 Å². The molecule has 2 fully saturated rings. The zero-order valence-corrected chi connectivity index (χ0v) is 9.91. The Morgan fingerprint density at radius 3 is 3.00 bits per heavy atom. The van der Waals surface area contributed by atoms with Crippen molar-refractivity contribution in [1.29, 1.82) is 0 Å². The number of rotatable bonds is 2. The summed E-state index contributed by atoms with van der Waals surface area (Å²) in [5, 5.41) is 3.14. The van der Waals surface area contributed by atoms with E-state index in [1.807, 2.05) is 0 Å². The molecule has 0 aromatic rings. The van der Waals surface area contributed by atoms with Crippen LogP contribution in [0, 0.1) is 5.92 Å². The van der Waals surface area contributed by atoms with E-state index in [-0.39, 0.29) is 12.1 Å². The maximum Gasteiger partial charge on any atom is 0.336 e. The molecule has 0 aromatic heterocycles. The van der Waals surface area contributed by atoms with Gasteiger partial charge in [0.25, 0.3) is 0 Å². The van der Waals surface area contributed by atoms with Crippen molar-refractivity contribution in [1.82, 2.24) is 5.32 Å². The fourth-order valence-corrected chi connectivity index (χ4v) is 2.44. The topological polar surface area (TPSA) is 47.6 Å². The predicted octanol–water partition coefficient (Wildman–Crippen LogP) is 1.10. The van der Waals surface area contributed by atoms with E-state index in [2.05, 4.69) is 12.2 Å². The highest BCUT2D eigenvalue weighted by atomic mass is 16.6. The van der Waals surface area contributed by atoms with E-state index in [1.165, 1.54) is 12.8 Å². The van der Waals surface area contributed by atoms with E-state index >= 15 is 0 Å². The average molecular weight is 227 g/mol. The first-order valence-electron chi connectivity index (χ1n) is 6.28. The minimum absolute atomic E-state index is 0.113. The molecule has 4 heteroatoms. The Hall–Kier alpha value is -0.610. The van der Waals surface area contributed by atoms with E-state index in [4.69, 9.17) is 9.47 Å². The molecule has 3 unspecified atom stereocenters. The van der Waals surface area contributed by atoms with Crippen molar-refractivity contribution < 1.29 is 14.3 Å². The largest absolute Gasteiger partial charge is 0.460 e. The molecule has 1 aliphatic heterocycles. The number of morpholine rings is 1. The van der Waals surface area contributed by atoms with Gasteiger partial charge in [0.2, 0.25) is 0 Å². The van der Waals surface area contributed by atoms with Crippen LogP contribution in [0.4, 0.5) is 0 Å². The summed E-state index contributed by atoms with van der Waals surface area (Å²) in [7, 11) is 0. The third-order valence-corrected chi connectivity index (χ3v) is 3.36. The maximum absolute atomic E-state index is 11.8. The SMILES string of the molecule is CC1CCCC(OC(=O)C2CNCCO2)C1. The minimum atomic E-state index is -0.397. The molecule has 2 aliphatic rings. The zero-order chi connectivity index (χ0) is 11.4. The molecule has 0 spiro atoms. The van der Waals surface area contributed by atoms with E-state index < -0.39 is 6.10 Å². The normalized spacial score (nSPS) is 35.7. The molecule has 1 aliphatic carbocycles. The quantitative estimate of drug-likeness (QED) is 0.718. The van der Waals surface area contributed by atoms with Crippen molar-refractivity contribution >= 4 is 5.97 Å². The lowest BCUT2D eigenvalue weighted by atomic mass is 9.89. The Bertz CT molecular complexity index is 238. The summed E-state index contributed by atoms with van der Waals surface area (Å²) in [6.45, 7) is 4.23. The second-order valence-electron chi connectivity index (χ2n) is 4.89. The van der Waals surface area contributed by atoms with Crippen molar-refractivity contribution in [2.24, 2.45) is 5.92 Å². The van der Waals surface area contributed by atoms with Gasteiger partial charge in [-0.15, -0.1) is 0 Å². The number of carbonyl (C=O) groups excluding carboxylic acids is 1. The molecule has 0 radical (unpaired) electrons. The van der Waals surface area contributed by atoms with Crippen LogP contribution < -0.4 is 5.32 Å². The fraction of sp³-hybridized carbons (Fsp3) is 0.917. The van der Waals surface area contributed by atoms with Gasteiger partial charge < -0.3 is 14.8 Å². The second kappa shape index (κ2) is 5.64. The highest BCUT2D eigenvalue weighted by molar-refractivity contribution is 5.75. The van der Waals surface area contributed by atoms with E-state index in [0.717, 1.165) is 19.4 Å². The standard InChI is InChI=1S/C12H21NO3/c1-9-3-2-4-10(7-9)16-12(14)11-8-13-5-6-15-11/h9-11,13H,2-8H2,1H3. The summed E-state index contributed by atoms with van der Waals surface area (Å²) in [5.74, 6) is 0.489. The van der Waals surface area contributed by atoms with Crippen molar-refractivity contribution in [2.75, 3.05) is 19.7 Å². The summed E-state index contributed by atoms with van der Waals surface area (Å²) >= 11 is 0. The lowest BCUT2D eigenvalue weighted by Crippen LogP contribution is -2.45. The summed E-state index contributed by atoms with van der Waals surface area (Å²) in [6.07, 6.45) is 4.16. The Labute approximate surface area is 96.7 Å². The molecule has 1 saturated heterocycles. The van der Waals surface area contributed by atoms with E-state index in [1.54, 1.807) is 0 Å². The highest BCUT2D eigenvalue weighted by Crippen LogP contribution is 2.26. The average Bonchev–Trinajstić information content (AvgIpc) is 2.30. The van der Waals surface area contributed by atoms with Crippen LogP contribution >= 0.6 is 0 Å². The van der Waals surface area contributed by atoms with Gasteiger partial charge in [-0.2, -0.15) is 0 Å². The molecule has 1 saturated carbocycles. The van der Waals surface area contributed by atoms with Crippen LogP contribution in [0.1, 0.15) is 32.6 Å². The van der Waals surface area contributed by atoms with Crippen LogP contribution in [-0.4, -0.2) is 37.9 Å². The number of carbonyl (C=O) groups is 1. The number of esters is 1.